The summed E-state index contributed by atoms with van der Waals surface area (Å²) in [6.45, 7) is 2.25. The summed E-state index contributed by atoms with van der Waals surface area (Å²) in [7, 11) is 0. The third-order valence-corrected chi connectivity index (χ3v) is 2.40. The minimum absolute atomic E-state index is 0.155. The molecule has 1 atom stereocenters. The second-order valence-corrected chi connectivity index (χ2v) is 3.89. The number of benzene rings is 1. The van der Waals surface area contributed by atoms with Crippen molar-refractivity contribution in [2.24, 2.45) is 5.73 Å². The Morgan fingerprint density at radius 1 is 1.59 bits per heavy atom. The third-order valence-electron chi connectivity index (χ3n) is 2.40. The van der Waals surface area contributed by atoms with E-state index < -0.39 is 11.7 Å². The van der Waals surface area contributed by atoms with Gasteiger partial charge in [-0.2, -0.15) is 0 Å². The highest BCUT2D eigenvalue weighted by atomic mass is 19.1. The van der Waals surface area contributed by atoms with Crippen LogP contribution in [-0.2, 0) is 0 Å². The maximum Gasteiger partial charge on any atom is 0.258 e. The molecule has 4 nitrogen and oxygen atoms in total. The number of amides is 1. The summed E-state index contributed by atoms with van der Waals surface area (Å²) in [6, 6.07) is 3.58. The lowest BCUT2D eigenvalue weighted by atomic mass is 10.1. The number of nitrogens with one attached hydrogen (secondary N) is 1. The standard InChI is InChI=1S/C12H17FN2O2/c1-2-4-8(14)7-15-12(17)11-9(13)5-3-6-10(11)16/h3,5-6,8,16H,2,4,7,14H2,1H3,(H,15,17). The second kappa shape index (κ2) is 6.20. The molecule has 0 fully saturated rings. The van der Waals surface area contributed by atoms with Gasteiger partial charge < -0.3 is 16.2 Å². The van der Waals surface area contributed by atoms with Crippen molar-refractivity contribution >= 4 is 5.91 Å². The molecule has 0 bridgehead atoms. The summed E-state index contributed by atoms with van der Waals surface area (Å²) >= 11 is 0. The number of carbonyl (C=O) groups excluding carboxylic acids is 1. The first-order chi connectivity index (χ1) is 8.06. The Morgan fingerprint density at radius 2 is 2.29 bits per heavy atom. The summed E-state index contributed by atoms with van der Waals surface area (Å²) in [6.07, 6.45) is 1.70. The van der Waals surface area contributed by atoms with Gasteiger partial charge >= 0.3 is 0 Å². The Labute approximate surface area is 99.6 Å². The minimum atomic E-state index is -0.744. The molecule has 0 spiro atoms. The average molecular weight is 240 g/mol. The lowest BCUT2D eigenvalue weighted by molar-refractivity contribution is 0.0944. The molecule has 0 radical (unpaired) electrons. The first-order valence-electron chi connectivity index (χ1n) is 5.57. The SMILES string of the molecule is CCCC(N)CNC(=O)c1c(O)cccc1F. The van der Waals surface area contributed by atoms with Crippen LogP contribution >= 0.6 is 0 Å². The Hall–Kier alpha value is -1.62. The molecule has 0 saturated carbocycles. The van der Waals surface area contributed by atoms with E-state index in [1.54, 1.807) is 0 Å². The van der Waals surface area contributed by atoms with Crippen LogP contribution < -0.4 is 11.1 Å². The molecule has 94 valence electrons. The predicted octanol–water partition coefficient (Wildman–Crippen LogP) is 1.39. The highest BCUT2D eigenvalue weighted by molar-refractivity contribution is 5.97. The van der Waals surface area contributed by atoms with E-state index in [4.69, 9.17) is 5.73 Å². The van der Waals surface area contributed by atoms with Gasteiger partial charge in [-0.05, 0) is 18.6 Å². The molecule has 4 N–H and O–H groups in total. The Balaban J connectivity index is 2.64. The number of aromatic hydroxyl groups is 1. The van der Waals surface area contributed by atoms with E-state index >= 15 is 0 Å². The van der Waals surface area contributed by atoms with Crippen LogP contribution in [0.15, 0.2) is 18.2 Å². The molecule has 0 aromatic heterocycles. The van der Waals surface area contributed by atoms with E-state index in [1.807, 2.05) is 6.92 Å². The average Bonchev–Trinajstić information content (AvgIpc) is 2.26. The maximum absolute atomic E-state index is 13.3. The van der Waals surface area contributed by atoms with E-state index in [-0.39, 0.29) is 23.9 Å². The third kappa shape index (κ3) is 3.71. The van der Waals surface area contributed by atoms with Gasteiger partial charge in [0.05, 0.1) is 0 Å². The number of hydrogen-bond acceptors (Lipinski definition) is 3. The van der Waals surface area contributed by atoms with Gasteiger partial charge in [-0.3, -0.25) is 4.79 Å². The van der Waals surface area contributed by atoms with Crippen molar-refractivity contribution < 1.29 is 14.3 Å². The molecule has 1 aromatic rings. The second-order valence-electron chi connectivity index (χ2n) is 3.89. The molecule has 0 aliphatic rings. The van der Waals surface area contributed by atoms with Gasteiger partial charge in [-0.1, -0.05) is 19.4 Å². The van der Waals surface area contributed by atoms with Crippen LogP contribution in [-0.4, -0.2) is 23.6 Å². The van der Waals surface area contributed by atoms with Crippen LogP contribution in [0.4, 0.5) is 4.39 Å². The fourth-order valence-electron chi connectivity index (χ4n) is 1.52. The zero-order valence-electron chi connectivity index (χ0n) is 9.74. The van der Waals surface area contributed by atoms with Crippen molar-refractivity contribution in [2.45, 2.75) is 25.8 Å². The van der Waals surface area contributed by atoms with Crippen molar-refractivity contribution in [2.75, 3.05) is 6.54 Å². The van der Waals surface area contributed by atoms with Gasteiger partial charge in [0.2, 0.25) is 0 Å². The topological polar surface area (TPSA) is 75.3 Å². The van der Waals surface area contributed by atoms with Crippen molar-refractivity contribution in [3.8, 4) is 5.75 Å². The molecule has 1 amide bonds. The molecular weight excluding hydrogens is 223 g/mol. The first-order valence-corrected chi connectivity index (χ1v) is 5.57. The van der Waals surface area contributed by atoms with Gasteiger partial charge in [-0.15, -0.1) is 0 Å². The maximum atomic E-state index is 13.3. The number of hydrogen-bond donors (Lipinski definition) is 3. The fourth-order valence-corrected chi connectivity index (χ4v) is 1.52. The van der Waals surface area contributed by atoms with Crippen LogP contribution in [0.1, 0.15) is 30.1 Å². The van der Waals surface area contributed by atoms with Crippen LogP contribution in [0.25, 0.3) is 0 Å². The monoisotopic (exact) mass is 240 g/mol. The molecule has 5 heteroatoms. The first kappa shape index (κ1) is 13.4. The summed E-state index contributed by atoms with van der Waals surface area (Å²) in [5.74, 6) is -1.76. The molecular formula is C12H17FN2O2. The highest BCUT2D eigenvalue weighted by Crippen LogP contribution is 2.19. The highest BCUT2D eigenvalue weighted by Gasteiger charge is 2.16. The smallest absolute Gasteiger partial charge is 0.258 e. The molecule has 1 unspecified atom stereocenters. The summed E-state index contributed by atoms with van der Waals surface area (Å²) < 4.78 is 13.3. The Kier molecular flexibility index (Phi) is 4.90. The van der Waals surface area contributed by atoms with Crippen molar-refractivity contribution in [1.82, 2.24) is 5.32 Å². The van der Waals surface area contributed by atoms with Crippen LogP contribution in [0.3, 0.4) is 0 Å². The normalized spacial score (nSPS) is 12.2. The van der Waals surface area contributed by atoms with E-state index in [9.17, 15) is 14.3 Å². The van der Waals surface area contributed by atoms with E-state index in [0.717, 1.165) is 18.9 Å². The summed E-state index contributed by atoms with van der Waals surface area (Å²) in [4.78, 5) is 11.6. The minimum Gasteiger partial charge on any atom is -0.507 e. The van der Waals surface area contributed by atoms with Gasteiger partial charge in [0.1, 0.15) is 17.1 Å². The molecule has 0 saturated heterocycles. The largest absolute Gasteiger partial charge is 0.507 e. The van der Waals surface area contributed by atoms with E-state index in [0.29, 0.717) is 0 Å². The Morgan fingerprint density at radius 3 is 2.88 bits per heavy atom. The number of phenols is 1. The van der Waals surface area contributed by atoms with Crippen LogP contribution in [0.2, 0.25) is 0 Å². The molecule has 1 aromatic carbocycles. The molecule has 17 heavy (non-hydrogen) atoms. The summed E-state index contributed by atoms with van der Waals surface area (Å²) in [5.41, 5.74) is 5.38. The van der Waals surface area contributed by atoms with Gasteiger partial charge in [0, 0.05) is 12.6 Å². The van der Waals surface area contributed by atoms with Crippen molar-refractivity contribution in [1.29, 1.82) is 0 Å². The van der Waals surface area contributed by atoms with Gasteiger partial charge in [0.25, 0.3) is 5.91 Å². The quantitative estimate of drug-likeness (QED) is 0.728. The van der Waals surface area contributed by atoms with Crippen molar-refractivity contribution in [3.63, 3.8) is 0 Å². The Bertz CT molecular complexity index is 376. The van der Waals surface area contributed by atoms with Gasteiger partial charge in [-0.25, -0.2) is 4.39 Å². The number of rotatable bonds is 5. The molecule has 0 heterocycles. The number of carbonyl (C=O) groups is 1. The fraction of sp³-hybridized carbons (Fsp3) is 0.417. The van der Waals surface area contributed by atoms with Gasteiger partial charge in [0.15, 0.2) is 0 Å². The number of phenolic OH excluding ortho intramolecular Hbond substituents is 1. The molecule has 1 rings (SSSR count). The lowest BCUT2D eigenvalue weighted by Gasteiger charge is -2.12. The zero-order chi connectivity index (χ0) is 12.8. The van der Waals surface area contributed by atoms with E-state index in [2.05, 4.69) is 5.32 Å². The predicted molar refractivity (Wildman–Crippen MR) is 63.3 cm³/mol. The van der Waals surface area contributed by atoms with E-state index in [1.165, 1.54) is 12.1 Å². The van der Waals surface area contributed by atoms with Crippen molar-refractivity contribution in [3.05, 3.63) is 29.6 Å². The van der Waals surface area contributed by atoms with Crippen LogP contribution in [0, 0.1) is 5.82 Å². The molecule has 0 aliphatic heterocycles. The summed E-state index contributed by atoms with van der Waals surface area (Å²) in [5, 5.41) is 11.9. The number of halogens is 1. The molecule has 0 aliphatic carbocycles. The van der Waals surface area contributed by atoms with Crippen LogP contribution in [0.5, 0.6) is 5.75 Å². The lowest BCUT2D eigenvalue weighted by Crippen LogP contribution is -2.37. The zero-order valence-corrected chi connectivity index (χ0v) is 9.74. The number of nitrogens with two attached hydrogens (primary N) is 1.